The largest absolute Gasteiger partial charge is 0.350 e. The second-order valence-corrected chi connectivity index (χ2v) is 9.17. The van der Waals surface area contributed by atoms with Gasteiger partial charge in [-0.05, 0) is 45.1 Å². The molecule has 0 radical (unpaired) electrons. The summed E-state index contributed by atoms with van der Waals surface area (Å²) in [7, 11) is 0. The molecule has 3 amide bonds. The number of hydrogen-bond donors (Lipinski definition) is 2. The number of nitrogens with zero attached hydrogens (tertiary/aromatic N) is 3. The van der Waals surface area contributed by atoms with Crippen LogP contribution in [0.25, 0.3) is 0 Å². The topological polar surface area (TPSA) is 96.3 Å². The Labute approximate surface area is 181 Å². The van der Waals surface area contributed by atoms with Gasteiger partial charge in [0.05, 0.1) is 12.9 Å². The molecule has 2 heterocycles. The van der Waals surface area contributed by atoms with Gasteiger partial charge in [0.1, 0.15) is 11.2 Å². The Morgan fingerprint density at radius 2 is 1.87 bits per heavy atom. The van der Waals surface area contributed by atoms with Gasteiger partial charge < -0.3 is 20.1 Å². The number of rotatable bonds is 6. The van der Waals surface area contributed by atoms with Crippen LogP contribution in [0.15, 0.2) is 30.6 Å². The maximum Gasteiger partial charge on any atom is 0.274 e. The van der Waals surface area contributed by atoms with Crippen molar-refractivity contribution in [1.29, 1.82) is 0 Å². The standard InChI is InChI=1S/C23H27N5O3/c1-14-3-5-15(6-4-14)11-24-22(31)23(2)12-27-13-25-18(20(29)26-16-7-8-16)19(27)21(30)28(23)17-9-10-17/h3-6,13,16-17H,7-12H2,1-2H3,(H,24,31)(H,26,29). The fraction of sp³-hybridized carbons (Fsp3) is 0.478. The number of carbonyl (C=O) groups is 3. The third-order valence-electron chi connectivity index (χ3n) is 6.37. The van der Waals surface area contributed by atoms with E-state index in [1.807, 2.05) is 31.2 Å². The van der Waals surface area contributed by atoms with Crippen molar-refractivity contribution < 1.29 is 14.4 Å². The van der Waals surface area contributed by atoms with Crippen LogP contribution in [0, 0.1) is 6.92 Å². The number of benzene rings is 1. The molecular weight excluding hydrogens is 394 g/mol. The quantitative estimate of drug-likeness (QED) is 0.743. The van der Waals surface area contributed by atoms with Crippen LogP contribution in [-0.2, 0) is 17.9 Å². The first-order valence-electron chi connectivity index (χ1n) is 10.9. The Balaban J connectivity index is 1.40. The molecule has 8 heteroatoms. The van der Waals surface area contributed by atoms with Gasteiger partial charge in [0.15, 0.2) is 5.69 Å². The molecule has 1 aromatic heterocycles. The lowest BCUT2D eigenvalue weighted by Gasteiger charge is -2.44. The fourth-order valence-corrected chi connectivity index (χ4v) is 4.28. The minimum atomic E-state index is -1.04. The van der Waals surface area contributed by atoms with Gasteiger partial charge in [0, 0.05) is 18.6 Å². The van der Waals surface area contributed by atoms with Crippen LogP contribution in [-0.4, -0.2) is 49.8 Å². The molecule has 0 bridgehead atoms. The van der Waals surface area contributed by atoms with Crippen LogP contribution in [0.1, 0.15) is 64.7 Å². The Kier molecular flexibility index (Phi) is 4.60. The molecular formula is C23H27N5O3. The zero-order valence-electron chi connectivity index (χ0n) is 17.9. The van der Waals surface area contributed by atoms with E-state index in [2.05, 4.69) is 15.6 Å². The SMILES string of the molecule is Cc1ccc(CNC(=O)C2(C)Cn3cnc(C(=O)NC4CC4)c3C(=O)N2C2CC2)cc1. The number of aryl methyl sites for hydroxylation is 1. The summed E-state index contributed by atoms with van der Waals surface area (Å²) in [5.74, 6) is -0.801. The summed E-state index contributed by atoms with van der Waals surface area (Å²) in [6, 6.07) is 8.19. The van der Waals surface area contributed by atoms with Crippen LogP contribution in [0.2, 0.25) is 0 Å². The third-order valence-corrected chi connectivity index (χ3v) is 6.37. The zero-order chi connectivity index (χ0) is 21.8. The normalized spacial score (nSPS) is 22.8. The van der Waals surface area contributed by atoms with E-state index < -0.39 is 5.54 Å². The third kappa shape index (κ3) is 3.60. The number of hydrogen-bond acceptors (Lipinski definition) is 4. The summed E-state index contributed by atoms with van der Waals surface area (Å²) in [4.78, 5) is 45.4. The Morgan fingerprint density at radius 1 is 1.16 bits per heavy atom. The van der Waals surface area contributed by atoms with Crippen molar-refractivity contribution in [1.82, 2.24) is 25.1 Å². The highest BCUT2D eigenvalue weighted by molar-refractivity contribution is 6.07. The number of aromatic nitrogens is 2. The molecule has 2 N–H and O–H groups in total. The van der Waals surface area contributed by atoms with Crippen LogP contribution in [0.4, 0.5) is 0 Å². The number of imidazole rings is 1. The van der Waals surface area contributed by atoms with Crippen molar-refractivity contribution >= 4 is 17.7 Å². The van der Waals surface area contributed by atoms with Crippen molar-refractivity contribution in [3.63, 3.8) is 0 Å². The summed E-state index contributed by atoms with van der Waals surface area (Å²) >= 11 is 0. The predicted octanol–water partition coefficient (Wildman–Crippen LogP) is 1.78. The van der Waals surface area contributed by atoms with Crippen molar-refractivity contribution in [3.05, 3.63) is 53.1 Å². The molecule has 162 valence electrons. The van der Waals surface area contributed by atoms with Crippen molar-refractivity contribution in [2.75, 3.05) is 0 Å². The first-order chi connectivity index (χ1) is 14.9. The van der Waals surface area contributed by atoms with Gasteiger partial charge in [0.2, 0.25) is 5.91 Å². The van der Waals surface area contributed by atoms with E-state index in [0.717, 1.165) is 36.8 Å². The molecule has 2 fully saturated rings. The van der Waals surface area contributed by atoms with Gasteiger partial charge in [-0.1, -0.05) is 29.8 Å². The number of amides is 3. The minimum absolute atomic E-state index is 0.0191. The van der Waals surface area contributed by atoms with Crippen LogP contribution < -0.4 is 10.6 Å². The first kappa shape index (κ1) is 19.8. The fourth-order valence-electron chi connectivity index (χ4n) is 4.28. The van der Waals surface area contributed by atoms with Crippen LogP contribution in [0.3, 0.4) is 0 Å². The lowest BCUT2D eigenvalue weighted by atomic mass is 9.93. The molecule has 8 nitrogen and oxygen atoms in total. The van der Waals surface area contributed by atoms with E-state index in [-0.39, 0.29) is 47.7 Å². The highest BCUT2D eigenvalue weighted by Crippen LogP contribution is 2.39. The second-order valence-electron chi connectivity index (χ2n) is 9.17. The Hall–Kier alpha value is -3.16. The average Bonchev–Trinajstić information content (AvgIpc) is 3.67. The molecule has 1 unspecified atom stereocenters. The number of fused-ring (bicyclic) bond motifs is 1. The van der Waals surface area contributed by atoms with E-state index >= 15 is 0 Å². The molecule has 0 saturated heterocycles. The van der Waals surface area contributed by atoms with Gasteiger partial charge in [0.25, 0.3) is 11.8 Å². The summed E-state index contributed by atoms with van der Waals surface area (Å²) in [6.07, 6.45) is 5.16. The monoisotopic (exact) mass is 421 g/mol. The highest BCUT2D eigenvalue weighted by Gasteiger charge is 2.53. The highest BCUT2D eigenvalue weighted by atomic mass is 16.2. The molecule has 31 heavy (non-hydrogen) atoms. The second kappa shape index (κ2) is 7.21. The molecule has 2 saturated carbocycles. The molecule has 0 spiro atoms. The maximum absolute atomic E-state index is 13.5. The van der Waals surface area contributed by atoms with Crippen molar-refractivity contribution in [2.45, 2.75) is 70.2 Å². The summed E-state index contributed by atoms with van der Waals surface area (Å²) < 4.78 is 1.66. The molecule has 1 aliphatic heterocycles. The van der Waals surface area contributed by atoms with Crippen LogP contribution in [0.5, 0.6) is 0 Å². The van der Waals surface area contributed by atoms with Crippen LogP contribution >= 0.6 is 0 Å². The number of carbonyl (C=O) groups excluding carboxylic acids is 3. The van der Waals surface area contributed by atoms with E-state index in [9.17, 15) is 14.4 Å². The molecule has 5 rings (SSSR count). The maximum atomic E-state index is 13.5. The molecule has 3 aliphatic rings. The molecule has 2 aliphatic carbocycles. The Morgan fingerprint density at radius 3 is 2.52 bits per heavy atom. The van der Waals surface area contributed by atoms with Crippen molar-refractivity contribution in [3.8, 4) is 0 Å². The Bertz CT molecular complexity index is 1050. The lowest BCUT2D eigenvalue weighted by molar-refractivity contribution is -0.133. The number of nitrogens with one attached hydrogen (secondary N) is 2. The van der Waals surface area contributed by atoms with E-state index in [0.29, 0.717) is 6.54 Å². The predicted molar refractivity (Wildman–Crippen MR) is 113 cm³/mol. The van der Waals surface area contributed by atoms with E-state index in [4.69, 9.17) is 0 Å². The molecule has 2 aromatic rings. The first-order valence-corrected chi connectivity index (χ1v) is 10.9. The average molecular weight is 422 g/mol. The summed E-state index contributed by atoms with van der Waals surface area (Å²) in [6.45, 7) is 4.49. The van der Waals surface area contributed by atoms with Gasteiger partial charge >= 0.3 is 0 Å². The smallest absolute Gasteiger partial charge is 0.274 e. The molecule has 1 aromatic carbocycles. The zero-order valence-corrected chi connectivity index (χ0v) is 17.9. The summed E-state index contributed by atoms with van der Waals surface area (Å²) in [5, 5.41) is 5.92. The van der Waals surface area contributed by atoms with E-state index in [1.165, 1.54) is 6.33 Å². The van der Waals surface area contributed by atoms with E-state index in [1.54, 1.807) is 16.4 Å². The van der Waals surface area contributed by atoms with Crippen molar-refractivity contribution in [2.24, 2.45) is 0 Å². The summed E-state index contributed by atoms with van der Waals surface area (Å²) in [5.41, 5.74) is 1.57. The lowest BCUT2D eigenvalue weighted by Crippen LogP contribution is -2.64. The van der Waals surface area contributed by atoms with Gasteiger partial charge in [-0.3, -0.25) is 14.4 Å². The van der Waals surface area contributed by atoms with Gasteiger partial charge in [-0.15, -0.1) is 0 Å². The van der Waals surface area contributed by atoms with Gasteiger partial charge in [-0.2, -0.15) is 0 Å². The molecule has 1 atom stereocenters. The minimum Gasteiger partial charge on any atom is -0.350 e. The van der Waals surface area contributed by atoms with Gasteiger partial charge in [-0.25, -0.2) is 4.98 Å².